The Hall–Kier alpha value is -0.300. The van der Waals surface area contributed by atoms with E-state index in [-0.39, 0.29) is 6.10 Å². The first-order valence-corrected chi connectivity index (χ1v) is 12.3. The van der Waals surface area contributed by atoms with Crippen LogP contribution in [0.2, 0.25) is 0 Å². The van der Waals surface area contributed by atoms with Crippen LogP contribution in [0.4, 0.5) is 0 Å². The van der Waals surface area contributed by atoms with E-state index in [4.69, 9.17) is 0 Å². The highest BCUT2D eigenvalue weighted by Crippen LogP contribution is 2.67. The summed E-state index contributed by atoms with van der Waals surface area (Å²) in [5, 5.41) is 10.2. The molecule has 154 valence electrons. The second kappa shape index (κ2) is 7.51. The van der Waals surface area contributed by atoms with E-state index >= 15 is 0 Å². The van der Waals surface area contributed by atoms with E-state index in [0.717, 1.165) is 42.4 Å². The molecular weight excluding hydrogens is 328 g/mol. The fourth-order valence-corrected chi connectivity index (χ4v) is 8.53. The standard InChI is InChI=1S/C26H44O/c1-5-6-7-8-18(2)22-11-12-23-21-10-9-19-17-20(27)13-15-25(19,3)24(21)14-16-26(22,23)4/h9,18,20-24,27H,5-8,10-17H2,1-4H3/t18-,20?,21?,22?,23?,24?,25?,26?/m1/s1. The number of hydrogen-bond acceptors (Lipinski definition) is 1. The van der Waals surface area contributed by atoms with Gasteiger partial charge in [-0.05, 0) is 91.8 Å². The van der Waals surface area contributed by atoms with E-state index in [0.29, 0.717) is 10.8 Å². The molecule has 0 saturated heterocycles. The Balaban J connectivity index is 1.52. The molecule has 0 aliphatic heterocycles. The quantitative estimate of drug-likeness (QED) is 0.401. The number of rotatable bonds is 5. The van der Waals surface area contributed by atoms with Gasteiger partial charge in [-0.3, -0.25) is 0 Å². The van der Waals surface area contributed by atoms with Crippen molar-refractivity contribution in [3.05, 3.63) is 11.6 Å². The molecular formula is C26H44O. The minimum atomic E-state index is -0.0745. The van der Waals surface area contributed by atoms with E-state index in [1.807, 2.05) is 0 Å². The topological polar surface area (TPSA) is 20.2 Å². The molecule has 3 fully saturated rings. The molecule has 27 heavy (non-hydrogen) atoms. The number of unbranched alkanes of at least 4 members (excludes halogenated alkanes) is 2. The average Bonchev–Trinajstić information content (AvgIpc) is 3.00. The molecule has 0 aromatic heterocycles. The molecule has 4 aliphatic rings. The van der Waals surface area contributed by atoms with E-state index in [2.05, 4.69) is 33.8 Å². The normalized spacial score (nSPS) is 47.6. The molecule has 7 unspecified atom stereocenters. The van der Waals surface area contributed by atoms with Crippen LogP contribution in [-0.4, -0.2) is 11.2 Å². The van der Waals surface area contributed by atoms with Crippen LogP contribution in [0.5, 0.6) is 0 Å². The Bertz CT molecular complexity index is 565. The van der Waals surface area contributed by atoms with Crippen molar-refractivity contribution in [1.82, 2.24) is 0 Å². The lowest BCUT2D eigenvalue weighted by Crippen LogP contribution is -2.50. The van der Waals surface area contributed by atoms with Crippen LogP contribution in [0.25, 0.3) is 0 Å². The highest BCUT2D eigenvalue weighted by atomic mass is 16.3. The maximum atomic E-state index is 10.2. The van der Waals surface area contributed by atoms with Gasteiger partial charge in [-0.25, -0.2) is 0 Å². The molecule has 0 aromatic carbocycles. The van der Waals surface area contributed by atoms with Crippen molar-refractivity contribution >= 4 is 0 Å². The average molecular weight is 373 g/mol. The van der Waals surface area contributed by atoms with Crippen LogP contribution in [0, 0.1) is 40.4 Å². The molecule has 0 heterocycles. The van der Waals surface area contributed by atoms with E-state index in [9.17, 15) is 5.11 Å². The van der Waals surface area contributed by atoms with Gasteiger partial charge in [0.2, 0.25) is 0 Å². The van der Waals surface area contributed by atoms with Gasteiger partial charge < -0.3 is 5.11 Å². The zero-order valence-electron chi connectivity index (χ0n) is 18.5. The largest absolute Gasteiger partial charge is 0.393 e. The van der Waals surface area contributed by atoms with Crippen molar-refractivity contribution in [1.29, 1.82) is 0 Å². The Labute approximate surface area is 168 Å². The van der Waals surface area contributed by atoms with Gasteiger partial charge in [0, 0.05) is 0 Å². The summed E-state index contributed by atoms with van der Waals surface area (Å²) < 4.78 is 0. The molecule has 8 atom stereocenters. The number of aliphatic hydroxyl groups is 1. The monoisotopic (exact) mass is 372 g/mol. The summed E-state index contributed by atoms with van der Waals surface area (Å²) in [4.78, 5) is 0. The van der Waals surface area contributed by atoms with Gasteiger partial charge in [0.15, 0.2) is 0 Å². The lowest BCUT2D eigenvalue weighted by molar-refractivity contribution is -0.0572. The van der Waals surface area contributed by atoms with E-state index in [1.54, 1.807) is 5.57 Å². The molecule has 1 heteroatoms. The number of fused-ring (bicyclic) bond motifs is 5. The van der Waals surface area contributed by atoms with E-state index < -0.39 is 0 Å². The number of allylic oxidation sites excluding steroid dienone is 1. The Kier molecular flexibility index (Phi) is 5.56. The Morgan fingerprint density at radius 3 is 2.67 bits per heavy atom. The van der Waals surface area contributed by atoms with Gasteiger partial charge in [0.25, 0.3) is 0 Å². The summed E-state index contributed by atoms with van der Waals surface area (Å²) in [5.74, 6) is 4.64. The maximum Gasteiger partial charge on any atom is 0.0577 e. The summed E-state index contributed by atoms with van der Waals surface area (Å²) in [6, 6.07) is 0. The zero-order chi connectivity index (χ0) is 19.2. The summed E-state index contributed by atoms with van der Waals surface area (Å²) >= 11 is 0. The second-order valence-electron chi connectivity index (χ2n) is 11.4. The lowest BCUT2D eigenvalue weighted by atomic mass is 9.47. The van der Waals surface area contributed by atoms with Crippen LogP contribution < -0.4 is 0 Å². The summed E-state index contributed by atoms with van der Waals surface area (Å²) in [6.45, 7) is 10.1. The van der Waals surface area contributed by atoms with Crippen molar-refractivity contribution < 1.29 is 5.11 Å². The maximum absolute atomic E-state index is 10.2. The third kappa shape index (κ3) is 3.24. The minimum Gasteiger partial charge on any atom is -0.393 e. The first-order chi connectivity index (χ1) is 12.9. The fraction of sp³-hybridized carbons (Fsp3) is 0.923. The third-order valence-corrected chi connectivity index (χ3v) is 10.1. The summed E-state index contributed by atoms with van der Waals surface area (Å²) in [5.41, 5.74) is 2.62. The molecule has 0 radical (unpaired) electrons. The van der Waals surface area contributed by atoms with Crippen molar-refractivity contribution in [2.75, 3.05) is 0 Å². The summed E-state index contributed by atoms with van der Waals surface area (Å²) in [6.07, 6.45) is 18.6. The highest BCUT2D eigenvalue weighted by Gasteiger charge is 2.58. The molecule has 0 spiro atoms. The number of hydrogen-bond donors (Lipinski definition) is 1. The molecule has 3 saturated carbocycles. The fourth-order valence-electron chi connectivity index (χ4n) is 8.53. The van der Waals surface area contributed by atoms with Gasteiger partial charge in [0.05, 0.1) is 6.10 Å². The van der Waals surface area contributed by atoms with Crippen molar-refractivity contribution in [2.45, 2.75) is 111 Å². The molecule has 4 aliphatic carbocycles. The lowest BCUT2D eigenvalue weighted by Gasteiger charge is -2.58. The number of aliphatic hydroxyl groups excluding tert-OH is 1. The van der Waals surface area contributed by atoms with Crippen LogP contribution >= 0.6 is 0 Å². The first-order valence-electron chi connectivity index (χ1n) is 12.3. The smallest absolute Gasteiger partial charge is 0.0577 e. The molecule has 0 bridgehead atoms. The van der Waals surface area contributed by atoms with Crippen LogP contribution in [0.15, 0.2) is 11.6 Å². The third-order valence-electron chi connectivity index (χ3n) is 10.1. The van der Waals surface area contributed by atoms with Crippen molar-refractivity contribution in [3.63, 3.8) is 0 Å². The van der Waals surface area contributed by atoms with Gasteiger partial charge in [0.1, 0.15) is 0 Å². The predicted octanol–water partition coefficient (Wildman–Crippen LogP) is 7.14. The molecule has 1 nitrogen and oxygen atoms in total. The molecule has 1 N–H and O–H groups in total. The molecule has 0 aromatic rings. The van der Waals surface area contributed by atoms with Crippen LogP contribution in [0.3, 0.4) is 0 Å². The summed E-state index contributed by atoms with van der Waals surface area (Å²) in [7, 11) is 0. The van der Waals surface area contributed by atoms with Gasteiger partial charge in [-0.2, -0.15) is 0 Å². The van der Waals surface area contributed by atoms with Crippen molar-refractivity contribution in [2.24, 2.45) is 40.4 Å². The molecule has 0 amide bonds. The van der Waals surface area contributed by atoms with Crippen LogP contribution in [0.1, 0.15) is 105 Å². The second-order valence-corrected chi connectivity index (χ2v) is 11.4. The van der Waals surface area contributed by atoms with Gasteiger partial charge >= 0.3 is 0 Å². The SMILES string of the molecule is CCCCC[C@@H](C)C1CCC2C3CC=C4CC(O)CCC4(C)C3CCC21C. The molecule has 4 rings (SSSR count). The zero-order valence-corrected chi connectivity index (χ0v) is 18.5. The van der Waals surface area contributed by atoms with Gasteiger partial charge in [-0.1, -0.05) is 65.0 Å². The van der Waals surface area contributed by atoms with E-state index in [1.165, 1.54) is 64.2 Å². The Morgan fingerprint density at radius 1 is 1.07 bits per heavy atom. The van der Waals surface area contributed by atoms with Crippen molar-refractivity contribution in [3.8, 4) is 0 Å². The Morgan fingerprint density at radius 2 is 1.89 bits per heavy atom. The van der Waals surface area contributed by atoms with Gasteiger partial charge in [-0.15, -0.1) is 0 Å². The highest BCUT2D eigenvalue weighted by molar-refractivity contribution is 5.25. The first kappa shape index (κ1) is 20.0. The minimum absolute atomic E-state index is 0.0745. The van der Waals surface area contributed by atoms with Crippen LogP contribution in [-0.2, 0) is 0 Å². The predicted molar refractivity (Wildman–Crippen MR) is 115 cm³/mol.